The lowest BCUT2D eigenvalue weighted by Gasteiger charge is -2.17. The third-order valence-corrected chi connectivity index (χ3v) is 6.42. The molecule has 2 aromatic heterocycles. The predicted octanol–water partition coefficient (Wildman–Crippen LogP) is 4.96. The molecular formula is C25H22N4O3S. The topological polar surface area (TPSA) is 88.3 Å². The van der Waals surface area contributed by atoms with Crippen molar-refractivity contribution >= 4 is 34.5 Å². The first-order chi connectivity index (χ1) is 16.2. The Morgan fingerprint density at radius 2 is 1.91 bits per heavy atom. The Bertz CT molecular complexity index is 1270. The number of carbonyl (C=O) groups excluding carboxylic acids is 2. The van der Waals surface area contributed by atoms with Crippen LogP contribution in [0.25, 0.3) is 10.7 Å². The smallest absolute Gasteiger partial charge is 0.258 e. The zero-order valence-corrected chi connectivity index (χ0v) is 18.7. The lowest BCUT2D eigenvalue weighted by atomic mass is 10.1. The van der Waals surface area contributed by atoms with E-state index in [9.17, 15) is 9.59 Å². The summed E-state index contributed by atoms with van der Waals surface area (Å²) in [6.45, 7) is 0.686. The van der Waals surface area contributed by atoms with E-state index in [-0.39, 0.29) is 11.8 Å². The molecule has 1 aliphatic rings. The molecule has 0 atom stereocenters. The number of para-hydroxylation sites is 1. The second-order valence-corrected chi connectivity index (χ2v) is 8.75. The van der Waals surface area contributed by atoms with Gasteiger partial charge in [-0.2, -0.15) is 4.98 Å². The molecule has 1 aliphatic heterocycles. The zero-order chi connectivity index (χ0) is 22.6. The van der Waals surface area contributed by atoms with E-state index in [1.165, 1.54) is 5.56 Å². The van der Waals surface area contributed by atoms with Crippen LogP contribution >= 0.6 is 11.3 Å². The molecule has 0 saturated carbocycles. The first-order valence-electron chi connectivity index (χ1n) is 10.8. The Morgan fingerprint density at radius 1 is 1.06 bits per heavy atom. The SMILES string of the molecule is O=C(CCCc1nc(-c2cccs2)no1)Nc1ccc(C(=O)N2CCc3ccccc32)cc1. The van der Waals surface area contributed by atoms with E-state index in [0.29, 0.717) is 48.8 Å². The molecule has 1 N–H and O–H groups in total. The molecule has 2 amide bonds. The number of fused-ring (bicyclic) bond motifs is 1. The van der Waals surface area contributed by atoms with Crippen LogP contribution in [0, 0.1) is 0 Å². The highest BCUT2D eigenvalue weighted by Crippen LogP contribution is 2.29. The van der Waals surface area contributed by atoms with E-state index in [0.717, 1.165) is 17.0 Å². The number of anilines is 2. The highest BCUT2D eigenvalue weighted by molar-refractivity contribution is 7.13. The van der Waals surface area contributed by atoms with Crippen LogP contribution in [-0.2, 0) is 17.6 Å². The maximum absolute atomic E-state index is 12.9. The minimum atomic E-state index is -0.0967. The van der Waals surface area contributed by atoms with Crippen molar-refractivity contribution in [1.29, 1.82) is 0 Å². The Labute approximate surface area is 195 Å². The second-order valence-electron chi connectivity index (χ2n) is 7.80. The Morgan fingerprint density at radius 3 is 2.73 bits per heavy atom. The van der Waals surface area contributed by atoms with Gasteiger partial charge in [-0.3, -0.25) is 9.59 Å². The van der Waals surface area contributed by atoms with Crippen LogP contribution in [0.15, 0.2) is 70.6 Å². The van der Waals surface area contributed by atoms with Gasteiger partial charge >= 0.3 is 0 Å². The zero-order valence-electron chi connectivity index (χ0n) is 17.9. The predicted molar refractivity (Wildman–Crippen MR) is 127 cm³/mol. The summed E-state index contributed by atoms with van der Waals surface area (Å²) in [5, 5.41) is 8.82. The normalized spacial score (nSPS) is 12.5. The summed E-state index contributed by atoms with van der Waals surface area (Å²) in [5.74, 6) is 0.980. The van der Waals surface area contributed by atoms with Gasteiger partial charge in [-0.05, 0) is 60.2 Å². The number of carbonyl (C=O) groups is 2. The lowest BCUT2D eigenvalue weighted by Crippen LogP contribution is -2.28. The Hall–Kier alpha value is -3.78. The van der Waals surface area contributed by atoms with Gasteiger partial charge < -0.3 is 14.7 Å². The maximum Gasteiger partial charge on any atom is 0.258 e. The number of aryl methyl sites for hydroxylation is 1. The maximum atomic E-state index is 12.9. The van der Waals surface area contributed by atoms with Gasteiger partial charge in [-0.1, -0.05) is 29.4 Å². The van der Waals surface area contributed by atoms with E-state index in [4.69, 9.17) is 4.52 Å². The average molecular weight is 459 g/mol. The average Bonchev–Trinajstić information content (AvgIpc) is 3.59. The molecule has 5 rings (SSSR count). The summed E-state index contributed by atoms with van der Waals surface area (Å²) in [5.41, 5.74) is 3.43. The number of hydrogen-bond acceptors (Lipinski definition) is 6. The van der Waals surface area contributed by atoms with Gasteiger partial charge in [-0.25, -0.2) is 0 Å². The molecule has 8 heteroatoms. The van der Waals surface area contributed by atoms with E-state index >= 15 is 0 Å². The van der Waals surface area contributed by atoms with E-state index < -0.39 is 0 Å². The molecule has 0 fully saturated rings. The molecule has 0 saturated heterocycles. The summed E-state index contributed by atoms with van der Waals surface area (Å²) in [6, 6.07) is 18.9. The largest absolute Gasteiger partial charge is 0.339 e. The molecule has 0 radical (unpaired) electrons. The molecule has 7 nitrogen and oxygen atoms in total. The van der Waals surface area contributed by atoms with E-state index in [1.54, 1.807) is 35.6 Å². The number of thiophene rings is 1. The third-order valence-electron chi connectivity index (χ3n) is 5.55. The minimum absolute atomic E-state index is 0.0284. The van der Waals surface area contributed by atoms with Crippen molar-refractivity contribution < 1.29 is 14.1 Å². The molecule has 0 aliphatic carbocycles. The summed E-state index contributed by atoms with van der Waals surface area (Å²) in [7, 11) is 0. The highest BCUT2D eigenvalue weighted by atomic mass is 32.1. The number of nitrogens with zero attached hydrogens (tertiary/aromatic N) is 3. The van der Waals surface area contributed by atoms with Crippen LogP contribution in [0.2, 0.25) is 0 Å². The number of benzene rings is 2. The number of nitrogens with one attached hydrogen (secondary N) is 1. The fourth-order valence-electron chi connectivity index (χ4n) is 3.89. The Kier molecular flexibility index (Phi) is 5.99. The van der Waals surface area contributed by atoms with Crippen molar-refractivity contribution in [2.45, 2.75) is 25.7 Å². The molecule has 0 unspecified atom stereocenters. The van der Waals surface area contributed by atoms with Gasteiger partial charge in [0.25, 0.3) is 5.91 Å². The van der Waals surface area contributed by atoms with Crippen molar-refractivity contribution in [2.24, 2.45) is 0 Å². The fourth-order valence-corrected chi connectivity index (χ4v) is 4.54. The third kappa shape index (κ3) is 4.70. The van der Waals surface area contributed by atoms with E-state index in [1.807, 2.05) is 40.6 Å². The first-order valence-corrected chi connectivity index (χ1v) is 11.7. The van der Waals surface area contributed by atoms with Gasteiger partial charge in [0.05, 0.1) is 4.88 Å². The van der Waals surface area contributed by atoms with Crippen molar-refractivity contribution in [3.05, 3.63) is 83.1 Å². The number of amides is 2. The van der Waals surface area contributed by atoms with Crippen molar-refractivity contribution in [3.63, 3.8) is 0 Å². The van der Waals surface area contributed by atoms with Crippen LogP contribution in [0.1, 0.15) is 34.7 Å². The molecule has 4 aromatic rings. The fraction of sp³-hybridized carbons (Fsp3) is 0.200. The lowest BCUT2D eigenvalue weighted by molar-refractivity contribution is -0.116. The van der Waals surface area contributed by atoms with Crippen LogP contribution in [0.3, 0.4) is 0 Å². The summed E-state index contributed by atoms with van der Waals surface area (Å²) in [4.78, 5) is 32.4. The number of rotatable bonds is 7. The molecule has 3 heterocycles. The summed E-state index contributed by atoms with van der Waals surface area (Å²) in [6.07, 6.45) is 2.34. The van der Waals surface area contributed by atoms with Crippen molar-refractivity contribution in [1.82, 2.24) is 10.1 Å². The number of hydrogen-bond donors (Lipinski definition) is 1. The van der Waals surface area contributed by atoms with Crippen LogP contribution < -0.4 is 10.2 Å². The molecule has 0 spiro atoms. The van der Waals surface area contributed by atoms with Gasteiger partial charge in [0.15, 0.2) is 0 Å². The molecule has 33 heavy (non-hydrogen) atoms. The Balaban J connectivity index is 1.11. The quantitative estimate of drug-likeness (QED) is 0.423. The van der Waals surface area contributed by atoms with Crippen molar-refractivity contribution in [3.8, 4) is 10.7 Å². The standard InChI is InChI=1S/C25H22N4O3S/c30-22(8-3-9-23-27-24(28-32-23)21-7-4-16-33-21)26-19-12-10-18(11-13-19)25(31)29-15-14-17-5-1-2-6-20(17)29/h1-2,4-7,10-13,16H,3,8-9,14-15H2,(H,26,30). The van der Waals surface area contributed by atoms with Gasteiger partial charge in [-0.15, -0.1) is 11.3 Å². The van der Waals surface area contributed by atoms with Gasteiger partial charge in [0.1, 0.15) is 0 Å². The van der Waals surface area contributed by atoms with E-state index in [2.05, 4.69) is 21.5 Å². The second kappa shape index (κ2) is 9.38. The van der Waals surface area contributed by atoms with Crippen LogP contribution in [0.5, 0.6) is 0 Å². The molecular weight excluding hydrogens is 436 g/mol. The minimum Gasteiger partial charge on any atom is -0.339 e. The number of aromatic nitrogens is 2. The van der Waals surface area contributed by atoms with Crippen LogP contribution in [0.4, 0.5) is 11.4 Å². The van der Waals surface area contributed by atoms with Crippen molar-refractivity contribution in [2.75, 3.05) is 16.8 Å². The van der Waals surface area contributed by atoms with Gasteiger partial charge in [0, 0.05) is 36.3 Å². The highest BCUT2D eigenvalue weighted by Gasteiger charge is 2.25. The molecule has 166 valence electrons. The first kappa shape index (κ1) is 21.1. The molecule has 2 aromatic carbocycles. The van der Waals surface area contributed by atoms with Gasteiger partial charge in [0.2, 0.25) is 17.6 Å². The summed E-state index contributed by atoms with van der Waals surface area (Å²) >= 11 is 1.55. The monoisotopic (exact) mass is 458 g/mol. The van der Waals surface area contributed by atoms with Crippen LogP contribution in [-0.4, -0.2) is 28.5 Å². The molecule has 0 bridgehead atoms. The summed E-state index contributed by atoms with van der Waals surface area (Å²) < 4.78 is 5.27.